The smallest absolute Gasteiger partial charge is 0.328 e. The number of unbranched alkanes of at least 4 members (excludes halogenated alkanes) is 9. The van der Waals surface area contributed by atoms with Crippen molar-refractivity contribution in [3.05, 3.63) is 35.4 Å². The van der Waals surface area contributed by atoms with E-state index in [1.807, 2.05) is 0 Å². The lowest BCUT2D eigenvalue weighted by atomic mass is 10.1. The normalized spacial score (nSPS) is 11.9. The van der Waals surface area contributed by atoms with E-state index in [0.717, 1.165) is 37.5 Å². The summed E-state index contributed by atoms with van der Waals surface area (Å²) < 4.78 is 31.9. The molecule has 0 spiro atoms. The molecular weight excluding hydrogens is 364 g/mol. The minimum Gasteiger partial charge on any atom is -0.464 e. The Morgan fingerprint density at radius 3 is 2.14 bits per heavy atom. The molecule has 1 N–H and O–H groups in total. The lowest BCUT2D eigenvalue weighted by Crippen LogP contribution is -2.40. The molecule has 0 saturated heterocycles. The van der Waals surface area contributed by atoms with Gasteiger partial charge in [-0.2, -0.15) is 0 Å². The maximum atomic E-state index is 13.6. The van der Waals surface area contributed by atoms with Crippen LogP contribution in [-0.2, 0) is 9.53 Å². The fourth-order valence-electron chi connectivity index (χ4n) is 2.89. The zero-order chi connectivity index (χ0) is 20.8. The number of ether oxygens (including phenoxy) is 1. The number of amides is 1. The number of nitrogens with one attached hydrogen (secondary N) is 1. The Morgan fingerprint density at radius 1 is 0.964 bits per heavy atom. The van der Waals surface area contributed by atoms with Crippen molar-refractivity contribution in [2.45, 2.75) is 84.1 Å². The number of halogens is 2. The highest BCUT2D eigenvalue weighted by atomic mass is 19.1. The molecule has 28 heavy (non-hydrogen) atoms. The van der Waals surface area contributed by atoms with Crippen LogP contribution in [0.25, 0.3) is 0 Å². The zero-order valence-corrected chi connectivity index (χ0v) is 17.1. The van der Waals surface area contributed by atoms with Crippen LogP contribution in [0.5, 0.6) is 0 Å². The van der Waals surface area contributed by atoms with Gasteiger partial charge in [0.15, 0.2) is 0 Å². The van der Waals surface area contributed by atoms with Gasteiger partial charge in [0.05, 0.1) is 12.2 Å². The largest absolute Gasteiger partial charge is 0.464 e. The molecule has 6 heteroatoms. The summed E-state index contributed by atoms with van der Waals surface area (Å²) in [4.78, 5) is 23.9. The SMILES string of the molecule is CCCCCCCCCCCCOC(=O)C(C)NC(=O)c1cc(F)ccc1F. The van der Waals surface area contributed by atoms with Gasteiger partial charge in [-0.05, 0) is 31.5 Å². The molecule has 0 aliphatic carbocycles. The minimum atomic E-state index is -0.932. The molecule has 0 bridgehead atoms. The molecule has 1 rings (SSSR count). The second kappa shape index (κ2) is 14.1. The Kier molecular flexibility index (Phi) is 12.1. The van der Waals surface area contributed by atoms with Crippen molar-refractivity contribution in [1.29, 1.82) is 0 Å². The first-order valence-electron chi connectivity index (χ1n) is 10.4. The van der Waals surface area contributed by atoms with Crippen LogP contribution in [0.2, 0.25) is 0 Å². The van der Waals surface area contributed by atoms with Gasteiger partial charge in [0, 0.05) is 0 Å². The molecule has 1 amide bonds. The number of esters is 1. The first kappa shape index (κ1) is 24.1. The fraction of sp³-hybridized carbons (Fsp3) is 0.636. The van der Waals surface area contributed by atoms with Crippen LogP contribution in [0.3, 0.4) is 0 Å². The molecule has 1 aromatic rings. The van der Waals surface area contributed by atoms with E-state index in [1.165, 1.54) is 51.9 Å². The van der Waals surface area contributed by atoms with Crippen LogP contribution in [0.1, 0.15) is 88.4 Å². The van der Waals surface area contributed by atoms with Crippen molar-refractivity contribution in [3.63, 3.8) is 0 Å². The number of benzene rings is 1. The first-order chi connectivity index (χ1) is 13.5. The maximum Gasteiger partial charge on any atom is 0.328 e. The van der Waals surface area contributed by atoms with Crippen LogP contribution >= 0.6 is 0 Å². The summed E-state index contributed by atoms with van der Waals surface area (Å²) >= 11 is 0. The summed E-state index contributed by atoms with van der Waals surface area (Å²) in [6.07, 6.45) is 11.9. The Balaban J connectivity index is 2.13. The van der Waals surface area contributed by atoms with E-state index in [4.69, 9.17) is 4.74 Å². The van der Waals surface area contributed by atoms with Crippen molar-refractivity contribution in [3.8, 4) is 0 Å². The van der Waals surface area contributed by atoms with E-state index >= 15 is 0 Å². The van der Waals surface area contributed by atoms with E-state index in [2.05, 4.69) is 12.2 Å². The molecular formula is C22H33F2NO3. The molecule has 1 unspecified atom stereocenters. The monoisotopic (exact) mass is 397 g/mol. The molecule has 1 atom stereocenters. The molecule has 158 valence electrons. The zero-order valence-electron chi connectivity index (χ0n) is 17.1. The molecule has 0 aromatic heterocycles. The van der Waals surface area contributed by atoms with Gasteiger partial charge >= 0.3 is 5.97 Å². The van der Waals surface area contributed by atoms with Crippen molar-refractivity contribution < 1.29 is 23.1 Å². The molecule has 4 nitrogen and oxygen atoms in total. The predicted octanol–water partition coefficient (Wildman–Crippen LogP) is 5.55. The van der Waals surface area contributed by atoms with Crippen LogP contribution in [0, 0.1) is 11.6 Å². The van der Waals surface area contributed by atoms with Crippen molar-refractivity contribution >= 4 is 11.9 Å². The van der Waals surface area contributed by atoms with Gasteiger partial charge in [0.25, 0.3) is 5.91 Å². The summed E-state index contributed by atoms with van der Waals surface area (Å²) in [5.74, 6) is -2.99. The average molecular weight is 398 g/mol. The van der Waals surface area contributed by atoms with Gasteiger partial charge in [-0.25, -0.2) is 13.6 Å². The molecule has 1 aromatic carbocycles. The van der Waals surface area contributed by atoms with Crippen molar-refractivity contribution in [2.24, 2.45) is 0 Å². The second-order valence-corrected chi connectivity index (χ2v) is 7.17. The fourth-order valence-corrected chi connectivity index (χ4v) is 2.89. The van der Waals surface area contributed by atoms with Crippen LogP contribution < -0.4 is 5.32 Å². The molecule has 0 aliphatic rings. The summed E-state index contributed by atoms with van der Waals surface area (Å²) in [7, 11) is 0. The second-order valence-electron chi connectivity index (χ2n) is 7.17. The van der Waals surface area contributed by atoms with Crippen LogP contribution in [-0.4, -0.2) is 24.5 Å². The third-order valence-electron chi connectivity index (χ3n) is 4.62. The number of hydrogen-bond acceptors (Lipinski definition) is 3. The van der Waals surface area contributed by atoms with Gasteiger partial charge in [0.2, 0.25) is 0 Å². The molecule has 0 fully saturated rings. The summed E-state index contributed by atoms with van der Waals surface area (Å²) in [6, 6.07) is 1.67. The van der Waals surface area contributed by atoms with E-state index in [9.17, 15) is 18.4 Å². The third kappa shape index (κ3) is 9.81. The minimum absolute atomic E-state index is 0.296. The van der Waals surface area contributed by atoms with E-state index in [1.54, 1.807) is 0 Å². The van der Waals surface area contributed by atoms with Gasteiger partial charge in [-0.3, -0.25) is 4.79 Å². The molecule has 0 saturated carbocycles. The average Bonchev–Trinajstić information content (AvgIpc) is 2.67. The van der Waals surface area contributed by atoms with Gasteiger partial charge in [-0.1, -0.05) is 64.7 Å². The highest BCUT2D eigenvalue weighted by molar-refractivity contribution is 5.96. The van der Waals surface area contributed by atoms with Crippen LogP contribution in [0.15, 0.2) is 18.2 Å². The van der Waals surface area contributed by atoms with Crippen molar-refractivity contribution in [2.75, 3.05) is 6.61 Å². The summed E-state index contributed by atoms with van der Waals surface area (Å²) in [5.41, 5.74) is -0.436. The number of carbonyl (C=O) groups excluding carboxylic acids is 2. The van der Waals surface area contributed by atoms with Crippen LogP contribution in [0.4, 0.5) is 8.78 Å². The number of rotatable bonds is 14. The highest BCUT2D eigenvalue weighted by Crippen LogP contribution is 2.11. The van der Waals surface area contributed by atoms with Gasteiger partial charge < -0.3 is 10.1 Å². The molecule has 0 radical (unpaired) electrons. The Hall–Kier alpha value is -1.98. The molecule has 0 aliphatic heterocycles. The van der Waals surface area contributed by atoms with Crippen molar-refractivity contribution in [1.82, 2.24) is 5.32 Å². The lowest BCUT2D eigenvalue weighted by molar-refractivity contribution is -0.145. The van der Waals surface area contributed by atoms with E-state index in [-0.39, 0.29) is 0 Å². The Labute approximate surface area is 167 Å². The highest BCUT2D eigenvalue weighted by Gasteiger charge is 2.20. The third-order valence-corrected chi connectivity index (χ3v) is 4.62. The topological polar surface area (TPSA) is 55.4 Å². The maximum absolute atomic E-state index is 13.6. The lowest BCUT2D eigenvalue weighted by Gasteiger charge is -2.14. The van der Waals surface area contributed by atoms with Gasteiger partial charge in [0.1, 0.15) is 17.7 Å². The number of hydrogen-bond donors (Lipinski definition) is 1. The predicted molar refractivity (Wildman–Crippen MR) is 106 cm³/mol. The Bertz CT molecular complexity index is 607. The Morgan fingerprint density at radius 2 is 1.54 bits per heavy atom. The standard InChI is InChI=1S/C22H33F2NO3/c1-3-4-5-6-7-8-9-10-11-12-15-28-22(27)17(2)25-21(26)19-16-18(23)13-14-20(19)24/h13-14,16-17H,3-12,15H2,1-2H3,(H,25,26). The molecule has 0 heterocycles. The van der Waals surface area contributed by atoms with E-state index < -0.39 is 35.1 Å². The quantitative estimate of drug-likeness (QED) is 0.331. The number of carbonyl (C=O) groups is 2. The first-order valence-corrected chi connectivity index (χ1v) is 10.4. The van der Waals surface area contributed by atoms with Gasteiger partial charge in [-0.15, -0.1) is 0 Å². The summed E-state index contributed by atoms with van der Waals surface area (Å²) in [6.45, 7) is 3.96. The summed E-state index contributed by atoms with van der Waals surface area (Å²) in [5, 5.41) is 2.33. The van der Waals surface area contributed by atoms with E-state index in [0.29, 0.717) is 6.61 Å².